The molecular weight excluding hydrogens is 393 g/mol. The second-order valence-corrected chi connectivity index (χ2v) is 8.76. The number of hydrogen-bond acceptors (Lipinski definition) is 3. The highest BCUT2D eigenvalue weighted by Gasteiger charge is 2.38. The van der Waals surface area contributed by atoms with Crippen molar-refractivity contribution >= 4 is 0 Å². The van der Waals surface area contributed by atoms with Gasteiger partial charge in [0.15, 0.2) is 0 Å². The molecule has 1 aromatic carbocycles. The molecule has 7 heteroatoms. The Labute approximate surface area is 173 Å². The van der Waals surface area contributed by atoms with Crippen LogP contribution in [-0.2, 0) is 17.5 Å². The Morgan fingerprint density at radius 1 is 1.00 bits per heavy atom. The molecule has 3 aliphatic rings. The lowest BCUT2D eigenvalue weighted by Gasteiger charge is -2.46. The second-order valence-electron chi connectivity index (χ2n) is 8.76. The zero-order chi connectivity index (χ0) is 20.9. The van der Waals surface area contributed by atoms with Crippen LogP contribution in [0.3, 0.4) is 0 Å². The summed E-state index contributed by atoms with van der Waals surface area (Å²) in [4.78, 5) is 15.8. The van der Waals surface area contributed by atoms with Crippen molar-refractivity contribution in [2.45, 2.75) is 43.9 Å². The Morgan fingerprint density at radius 2 is 1.80 bits per heavy atom. The second kappa shape index (κ2) is 7.54. The Bertz CT molecular complexity index is 995. The number of ether oxygens (including phenoxy) is 1. The van der Waals surface area contributed by atoms with E-state index in [4.69, 9.17) is 4.74 Å². The molecule has 2 bridgehead atoms. The van der Waals surface area contributed by atoms with Crippen LogP contribution in [0.1, 0.15) is 36.4 Å². The molecule has 2 fully saturated rings. The Kier molecular flexibility index (Phi) is 4.98. The fraction of sp³-hybridized carbons (Fsp3) is 0.522. The van der Waals surface area contributed by atoms with E-state index in [1.165, 1.54) is 6.07 Å². The van der Waals surface area contributed by atoms with Crippen LogP contribution in [0.15, 0.2) is 41.2 Å². The van der Waals surface area contributed by atoms with Crippen LogP contribution < -0.4 is 5.56 Å². The SMILES string of the molecule is O=c1c(-c2cccc(C(F)(F)F)c2)ccc2n1C[C@H]1C[C@@H]2CN(C2CCOCC2)C1. The van der Waals surface area contributed by atoms with Gasteiger partial charge in [-0.2, -0.15) is 13.2 Å². The summed E-state index contributed by atoms with van der Waals surface area (Å²) in [5.74, 6) is 0.692. The van der Waals surface area contributed by atoms with Crippen molar-refractivity contribution in [1.29, 1.82) is 0 Å². The maximum atomic E-state index is 13.2. The van der Waals surface area contributed by atoms with Crippen molar-refractivity contribution in [2.24, 2.45) is 5.92 Å². The first kappa shape index (κ1) is 19.8. The standard InChI is InChI=1S/C23H25F3N2O2/c24-23(25,26)18-3-1-2-16(11-18)20-4-5-21-17-10-15(13-28(21)22(20)29)12-27(14-17)19-6-8-30-9-7-19/h1-5,11,15,17,19H,6-10,12-14H2/t15-,17+/m0/s1. The summed E-state index contributed by atoms with van der Waals surface area (Å²) >= 11 is 0. The first-order chi connectivity index (χ1) is 14.4. The average Bonchev–Trinajstić information content (AvgIpc) is 2.74. The predicted molar refractivity (Wildman–Crippen MR) is 107 cm³/mol. The lowest BCUT2D eigenvalue weighted by atomic mass is 9.81. The summed E-state index contributed by atoms with van der Waals surface area (Å²) in [7, 11) is 0. The van der Waals surface area contributed by atoms with Gasteiger partial charge in [-0.1, -0.05) is 12.1 Å². The summed E-state index contributed by atoms with van der Waals surface area (Å²) in [5, 5.41) is 0. The van der Waals surface area contributed by atoms with Gasteiger partial charge >= 0.3 is 6.18 Å². The molecule has 0 aliphatic carbocycles. The molecule has 2 aromatic rings. The molecule has 160 valence electrons. The van der Waals surface area contributed by atoms with Crippen LogP contribution >= 0.6 is 0 Å². The quantitative estimate of drug-likeness (QED) is 0.736. The number of pyridine rings is 1. The van der Waals surface area contributed by atoms with E-state index >= 15 is 0 Å². The van der Waals surface area contributed by atoms with E-state index in [0.29, 0.717) is 35.5 Å². The lowest BCUT2D eigenvalue weighted by Crippen LogP contribution is -2.51. The van der Waals surface area contributed by atoms with Crippen molar-refractivity contribution in [2.75, 3.05) is 26.3 Å². The maximum absolute atomic E-state index is 13.2. The molecule has 0 saturated carbocycles. The maximum Gasteiger partial charge on any atom is 0.416 e. The molecule has 2 saturated heterocycles. The third-order valence-corrected chi connectivity index (χ3v) is 6.84. The van der Waals surface area contributed by atoms with Crippen molar-refractivity contribution < 1.29 is 17.9 Å². The minimum absolute atomic E-state index is 0.180. The van der Waals surface area contributed by atoms with Gasteiger partial charge < -0.3 is 9.30 Å². The number of rotatable bonds is 2. The van der Waals surface area contributed by atoms with E-state index < -0.39 is 11.7 Å². The monoisotopic (exact) mass is 418 g/mol. The lowest BCUT2D eigenvalue weighted by molar-refractivity contribution is -0.137. The number of halogens is 3. The van der Waals surface area contributed by atoms with Gasteiger partial charge in [-0.25, -0.2) is 0 Å². The molecule has 0 unspecified atom stereocenters. The molecule has 4 heterocycles. The summed E-state index contributed by atoms with van der Waals surface area (Å²) in [6.45, 7) is 4.17. The minimum Gasteiger partial charge on any atom is -0.381 e. The van der Waals surface area contributed by atoms with Crippen LogP contribution in [0.5, 0.6) is 0 Å². The third kappa shape index (κ3) is 3.58. The highest BCUT2D eigenvalue weighted by Crippen LogP contribution is 2.38. The molecule has 0 radical (unpaired) electrons. The molecule has 0 N–H and O–H groups in total. The molecular formula is C23H25F3N2O2. The first-order valence-corrected chi connectivity index (χ1v) is 10.6. The molecule has 30 heavy (non-hydrogen) atoms. The van der Waals surface area contributed by atoms with Crippen molar-refractivity contribution in [3.05, 3.63) is 58.0 Å². The number of alkyl halides is 3. The molecule has 0 spiro atoms. The number of fused-ring (bicyclic) bond motifs is 4. The summed E-state index contributed by atoms with van der Waals surface area (Å²) in [5.41, 5.74) is 0.770. The van der Waals surface area contributed by atoms with Gasteiger partial charge in [-0.05, 0) is 55.0 Å². The number of nitrogens with zero attached hydrogens (tertiary/aromatic N) is 2. The van der Waals surface area contributed by atoms with Gasteiger partial charge in [-0.15, -0.1) is 0 Å². The van der Waals surface area contributed by atoms with Crippen LogP contribution in [0.25, 0.3) is 11.1 Å². The van der Waals surface area contributed by atoms with Crippen LogP contribution in [0.4, 0.5) is 13.2 Å². The van der Waals surface area contributed by atoms with Gasteiger partial charge in [0, 0.05) is 56.1 Å². The van der Waals surface area contributed by atoms with Crippen molar-refractivity contribution in [1.82, 2.24) is 9.47 Å². The molecule has 3 aliphatic heterocycles. The zero-order valence-electron chi connectivity index (χ0n) is 16.7. The fourth-order valence-corrected chi connectivity index (χ4v) is 5.41. The van der Waals surface area contributed by atoms with Crippen LogP contribution in [-0.4, -0.2) is 41.8 Å². The first-order valence-electron chi connectivity index (χ1n) is 10.6. The summed E-state index contributed by atoms with van der Waals surface area (Å²) in [6.07, 6.45) is -1.24. The van der Waals surface area contributed by atoms with E-state index in [1.54, 1.807) is 12.1 Å². The van der Waals surface area contributed by atoms with E-state index in [0.717, 1.165) is 63.4 Å². The van der Waals surface area contributed by atoms with Crippen molar-refractivity contribution in [3.63, 3.8) is 0 Å². The molecule has 4 nitrogen and oxygen atoms in total. The molecule has 2 atom stereocenters. The average molecular weight is 418 g/mol. The van der Waals surface area contributed by atoms with Gasteiger partial charge in [0.05, 0.1) is 5.56 Å². The minimum atomic E-state index is -4.43. The number of hydrogen-bond donors (Lipinski definition) is 0. The fourth-order valence-electron chi connectivity index (χ4n) is 5.41. The van der Waals surface area contributed by atoms with E-state index in [1.807, 2.05) is 10.6 Å². The van der Waals surface area contributed by atoms with Crippen LogP contribution in [0, 0.1) is 5.92 Å². The van der Waals surface area contributed by atoms with E-state index in [-0.39, 0.29) is 5.56 Å². The van der Waals surface area contributed by atoms with Crippen molar-refractivity contribution in [3.8, 4) is 11.1 Å². The summed E-state index contributed by atoms with van der Waals surface area (Å²) < 4.78 is 46.6. The normalized spacial score (nSPS) is 25.2. The number of likely N-dealkylation sites (tertiary alicyclic amines) is 1. The number of piperidine rings is 1. The zero-order valence-corrected chi connectivity index (χ0v) is 16.7. The number of benzene rings is 1. The summed E-state index contributed by atoms with van der Waals surface area (Å²) in [6, 6.07) is 9.25. The number of aromatic nitrogens is 1. The van der Waals surface area contributed by atoms with E-state index in [9.17, 15) is 18.0 Å². The molecule has 0 amide bonds. The smallest absolute Gasteiger partial charge is 0.381 e. The highest BCUT2D eigenvalue weighted by atomic mass is 19.4. The predicted octanol–water partition coefficient (Wildman–Crippen LogP) is 4.13. The van der Waals surface area contributed by atoms with Gasteiger partial charge in [-0.3, -0.25) is 9.69 Å². The van der Waals surface area contributed by atoms with Gasteiger partial charge in [0.1, 0.15) is 0 Å². The van der Waals surface area contributed by atoms with E-state index in [2.05, 4.69) is 4.90 Å². The Hall–Kier alpha value is -2.12. The molecule has 1 aromatic heterocycles. The largest absolute Gasteiger partial charge is 0.416 e. The molecule has 5 rings (SSSR count). The third-order valence-electron chi connectivity index (χ3n) is 6.84. The van der Waals surface area contributed by atoms with Crippen LogP contribution in [0.2, 0.25) is 0 Å². The van der Waals surface area contributed by atoms with Gasteiger partial charge in [0.2, 0.25) is 0 Å². The Balaban J connectivity index is 1.46. The highest BCUT2D eigenvalue weighted by molar-refractivity contribution is 5.63. The Morgan fingerprint density at radius 3 is 2.57 bits per heavy atom. The van der Waals surface area contributed by atoms with Gasteiger partial charge in [0.25, 0.3) is 5.56 Å². The topological polar surface area (TPSA) is 34.5 Å².